The van der Waals surface area contributed by atoms with Crippen LogP contribution in [-0.4, -0.2) is 64.0 Å². The standard InChI is InChI=1S/C24H33N5O4/c1-4-5-10-29-22(31)15-21(26-23(29)32)28-13-11-27(12-14-28)17-20(30)24(2,3)33-19-8-6-18(16-25)7-9-19/h6-9,15,20,30H,4-5,10-14,17H2,1-3H3,(H,26,32). The predicted molar refractivity (Wildman–Crippen MR) is 127 cm³/mol. The van der Waals surface area contributed by atoms with Gasteiger partial charge < -0.3 is 14.7 Å². The van der Waals surface area contributed by atoms with Gasteiger partial charge in [0, 0.05) is 45.3 Å². The molecule has 0 saturated carbocycles. The molecule has 2 heterocycles. The average molecular weight is 456 g/mol. The van der Waals surface area contributed by atoms with E-state index in [0.717, 1.165) is 12.8 Å². The van der Waals surface area contributed by atoms with Gasteiger partial charge in [0.05, 0.1) is 11.6 Å². The third-order valence-corrected chi connectivity index (χ3v) is 6.05. The van der Waals surface area contributed by atoms with E-state index >= 15 is 0 Å². The van der Waals surface area contributed by atoms with Crippen LogP contribution in [0.1, 0.15) is 39.2 Å². The summed E-state index contributed by atoms with van der Waals surface area (Å²) in [6, 6.07) is 10.4. The second-order valence-corrected chi connectivity index (χ2v) is 8.95. The van der Waals surface area contributed by atoms with Crippen molar-refractivity contribution in [2.45, 2.75) is 51.9 Å². The van der Waals surface area contributed by atoms with Gasteiger partial charge in [-0.3, -0.25) is 19.2 Å². The van der Waals surface area contributed by atoms with E-state index in [-0.39, 0.29) is 11.2 Å². The van der Waals surface area contributed by atoms with Crippen molar-refractivity contribution in [3.63, 3.8) is 0 Å². The van der Waals surface area contributed by atoms with E-state index in [1.807, 2.05) is 25.7 Å². The summed E-state index contributed by atoms with van der Waals surface area (Å²) in [7, 11) is 0. The molecule has 2 aromatic rings. The van der Waals surface area contributed by atoms with Crippen molar-refractivity contribution >= 4 is 5.82 Å². The second kappa shape index (κ2) is 10.7. The molecular formula is C24H33N5O4. The van der Waals surface area contributed by atoms with Crippen LogP contribution in [0, 0.1) is 11.3 Å². The zero-order valence-corrected chi connectivity index (χ0v) is 19.6. The number of piperazine rings is 1. The number of hydrogen-bond donors (Lipinski definition) is 2. The summed E-state index contributed by atoms with van der Waals surface area (Å²) in [5, 5.41) is 19.7. The minimum absolute atomic E-state index is 0.276. The molecule has 1 saturated heterocycles. The first kappa shape index (κ1) is 24.6. The molecule has 1 aliphatic rings. The Labute approximate surface area is 193 Å². The van der Waals surface area contributed by atoms with Crippen molar-refractivity contribution in [3.8, 4) is 11.8 Å². The Bertz CT molecular complexity index is 1040. The highest BCUT2D eigenvalue weighted by molar-refractivity contribution is 5.37. The molecule has 1 aromatic carbocycles. The number of nitrogens with zero attached hydrogens (tertiary/aromatic N) is 4. The van der Waals surface area contributed by atoms with Gasteiger partial charge in [0.2, 0.25) is 0 Å². The van der Waals surface area contributed by atoms with Crippen LogP contribution in [0.5, 0.6) is 5.75 Å². The Balaban J connectivity index is 1.55. The number of ether oxygens (including phenoxy) is 1. The summed E-state index contributed by atoms with van der Waals surface area (Å²) >= 11 is 0. The fraction of sp³-hybridized carbons (Fsp3) is 0.542. The predicted octanol–water partition coefficient (Wildman–Crippen LogP) is 1.55. The SMILES string of the molecule is CCCCn1c(=O)cc(N2CCN(CC(O)C(C)(C)Oc3ccc(C#N)cc3)CC2)[nH]c1=O. The molecule has 33 heavy (non-hydrogen) atoms. The number of nitriles is 1. The van der Waals surface area contributed by atoms with Gasteiger partial charge in [-0.2, -0.15) is 5.26 Å². The Hall–Kier alpha value is -3.09. The molecule has 1 aliphatic heterocycles. The number of benzene rings is 1. The monoisotopic (exact) mass is 455 g/mol. The van der Waals surface area contributed by atoms with E-state index in [0.29, 0.717) is 56.4 Å². The molecule has 0 spiro atoms. The van der Waals surface area contributed by atoms with E-state index in [9.17, 15) is 14.7 Å². The first-order valence-corrected chi connectivity index (χ1v) is 11.4. The summed E-state index contributed by atoms with van der Waals surface area (Å²) < 4.78 is 7.23. The Morgan fingerprint density at radius 1 is 1.18 bits per heavy atom. The van der Waals surface area contributed by atoms with E-state index in [4.69, 9.17) is 10.00 Å². The molecule has 1 fully saturated rings. The topological polar surface area (TPSA) is 115 Å². The van der Waals surface area contributed by atoms with Gasteiger partial charge >= 0.3 is 5.69 Å². The van der Waals surface area contributed by atoms with Crippen LogP contribution < -0.4 is 20.9 Å². The fourth-order valence-electron chi connectivity index (χ4n) is 3.81. The van der Waals surface area contributed by atoms with E-state index in [1.165, 1.54) is 10.6 Å². The van der Waals surface area contributed by atoms with E-state index in [1.54, 1.807) is 24.3 Å². The lowest BCUT2D eigenvalue weighted by atomic mass is 10.0. The second-order valence-electron chi connectivity index (χ2n) is 8.95. The number of aliphatic hydroxyl groups is 1. The average Bonchev–Trinajstić information content (AvgIpc) is 2.79. The molecule has 1 atom stereocenters. The first-order chi connectivity index (χ1) is 15.7. The van der Waals surface area contributed by atoms with Crippen molar-refractivity contribution < 1.29 is 9.84 Å². The number of nitrogens with one attached hydrogen (secondary N) is 1. The lowest BCUT2D eigenvalue weighted by Crippen LogP contribution is -2.54. The maximum absolute atomic E-state index is 12.4. The lowest BCUT2D eigenvalue weighted by molar-refractivity contribution is -0.0449. The van der Waals surface area contributed by atoms with Crippen molar-refractivity contribution in [1.82, 2.24) is 14.5 Å². The Kier molecular flexibility index (Phi) is 7.95. The molecule has 9 heteroatoms. The summed E-state index contributed by atoms with van der Waals surface area (Å²) in [6.45, 7) is 9.20. The summed E-state index contributed by atoms with van der Waals surface area (Å²) in [4.78, 5) is 31.7. The minimum Gasteiger partial charge on any atom is -0.485 e. The number of unbranched alkanes of at least 4 members (excludes halogenated alkanes) is 1. The maximum atomic E-state index is 12.4. The zero-order chi connectivity index (χ0) is 24.0. The molecular weight excluding hydrogens is 422 g/mol. The van der Waals surface area contributed by atoms with Gasteiger partial charge in [0.25, 0.3) is 5.56 Å². The van der Waals surface area contributed by atoms with Gasteiger partial charge in [0.15, 0.2) is 0 Å². The van der Waals surface area contributed by atoms with Crippen molar-refractivity contribution in [3.05, 3.63) is 56.7 Å². The van der Waals surface area contributed by atoms with E-state index in [2.05, 4.69) is 16.0 Å². The molecule has 3 rings (SSSR count). The van der Waals surface area contributed by atoms with Crippen LogP contribution in [0.2, 0.25) is 0 Å². The van der Waals surface area contributed by atoms with Crippen LogP contribution in [-0.2, 0) is 6.54 Å². The molecule has 2 N–H and O–H groups in total. The molecule has 0 amide bonds. The van der Waals surface area contributed by atoms with Gasteiger partial charge in [-0.15, -0.1) is 0 Å². The van der Waals surface area contributed by atoms with Crippen LogP contribution >= 0.6 is 0 Å². The molecule has 9 nitrogen and oxygen atoms in total. The number of rotatable bonds is 9. The molecule has 0 radical (unpaired) electrons. The Morgan fingerprint density at radius 2 is 1.85 bits per heavy atom. The van der Waals surface area contributed by atoms with Gasteiger partial charge in [-0.25, -0.2) is 4.79 Å². The third kappa shape index (κ3) is 6.24. The zero-order valence-electron chi connectivity index (χ0n) is 19.6. The number of β-amino-alcohol motifs (C(OH)–C–C–N with tert-alkyl or cyclic N) is 1. The number of H-pyrrole nitrogens is 1. The van der Waals surface area contributed by atoms with Gasteiger partial charge in [-0.1, -0.05) is 13.3 Å². The number of aromatic amines is 1. The summed E-state index contributed by atoms with van der Waals surface area (Å²) in [5.74, 6) is 1.14. The highest BCUT2D eigenvalue weighted by Gasteiger charge is 2.32. The molecule has 1 unspecified atom stereocenters. The quantitative estimate of drug-likeness (QED) is 0.590. The van der Waals surface area contributed by atoms with Crippen LogP contribution in [0.15, 0.2) is 39.9 Å². The summed E-state index contributed by atoms with van der Waals surface area (Å²) in [5.41, 5.74) is -0.912. The van der Waals surface area contributed by atoms with Gasteiger partial charge in [-0.05, 0) is 44.5 Å². The normalized spacial score (nSPS) is 15.8. The largest absolute Gasteiger partial charge is 0.485 e. The highest BCUT2D eigenvalue weighted by Crippen LogP contribution is 2.23. The smallest absolute Gasteiger partial charge is 0.329 e. The fourth-order valence-corrected chi connectivity index (χ4v) is 3.81. The van der Waals surface area contributed by atoms with E-state index < -0.39 is 11.7 Å². The number of aliphatic hydroxyl groups excluding tert-OH is 1. The maximum Gasteiger partial charge on any atom is 0.329 e. The number of aromatic nitrogens is 2. The third-order valence-electron chi connectivity index (χ3n) is 6.05. The molecule has 0 aliphatic carbocycles. The van der Waals surface area contributed by atoms with Gasteiger partial charge in [0.1, 0.15) is 23.3 Å². The van der Waals surface area contributed by atoms with Crippen molar-refractivity contribution in [1.29, 1.82) is 5.26 Å². The number of anilines is 1. The van der Waals surface area contributed by atoms with Crippen LogP contribution in [0.3, 0.4) is 0 Å². The first-order valence-electron chi connectivity index (χ1n) is 11.4. The minimum atomic E-state index is -0.820. The van der Waals surface area contributed by atoms with Crippen molar-refractivity contribution in [2.24, 2.45) is 0 Å². The highest BCUT2D eigenvalue weighted by atomic mass is 16.5. The van der Waals surface area contributed by atoms with Crippen LogP contribution in [0.25, 0.3) is 0 Å². The molecule has 178 valence electrons. The van der Waals surface area contributed by atoms with Crippen LogP contribution in [0.4, 0.5) is 5.82 Å². The summed E-state index contributed by atoms with van der Waals surface area (Å²) in [6.07, 6.45) is 0.965. The number of hydrogen-bond acceptors (Lipinski definition) is 7. The molecule has 1 aromatic heterocycles. The lowest BCUT2D eigenvalue weighted by Gasteiger charge is -2.39. The Morgan fingerprint density at radius 3 is 2.42 bits per heavy atom. The molecule has 0 bridgehead atoms. The van der Waals surface area contributed by atoms with Crippen molar-refractivity contribution in [2.75, 3.05) is 37.6 Å².